The van der Waals surface area contributed by atoms with Crippen molar-refractivity contribution in [3.8, 4) is 5.88 Å². The SMILES string of the molecule is CCC(C)Oc1nnccc1/C(N)=N/O. The second kappa shape index (κ2) is 5.14. The van der Waals surface area contributed by atoms with Crippen LogP contribution in [0.5, 0.6) is 5.88 Å². The Kier molecular flexibility index (Phi) is 3.84. The number of hydrogen-bond donors (Lipinski definition) is 2. The smallest absolute Gasteiger partial charge is 0.244 e. The van der Waals surface area contributed by atoms with E-state index in [0.29, 0.717) is 5.56 Å². The van der Waals surface area contributed by atoms with Gasteiger partial charge in [-0.2, -0.15) is 5.10 Å². The number of aromatic nitrogens is 2. The molecular formula is C9H14N4O2. The lowest BCUT2D eigenvalue weighted by Crippen LogP contribution is -2.19. The Morgan fingerprint density at radius 1 is 1.73 bits per heavy atom. The maximum absolute atomic E-state index is 8.56. The fourth-order valence-corrected chi connectivity index (χ4v) is 0.929. The average molecular weight is 210 g/mol. The van der Waals surface area contributed by atoms with E-state index in [9.17, 15) is 0 Å². The summed E-state index contributed by atoms with van der Waals surface area (Å²) in [5, 5.41) is 18.9. The Balaban J connectivity index is 2.96. The first-order valence-electron chi connectivity index (χ1n) is 4.65. The van der Waals surface area contributed by atoms with Gasteiger partial charge in [-0.25, -0.2) is 0 Å². The van der Waals surface area contributed by atoms with Gasteiger partial charge in [-0.15, -0.1) is 5.10 Å². The highest BCUT2D eigenvalue weighted by molar-refractivity contribution is 5.98. The maximum Gasteiger partial charge on any atom is 0.244 e. The number of oxime groups is 1. The number of nitrogens with zero attached hydrogens (tertiary/aromatic N) is 3. The van der Waals surface area contributed by atoms with Crippen molar-refractivity contribution < 1.29 is 9.94 Å². The lowest BCUT2D eigenvalue weighted by Gasteiger charge is -2.13. The summed E-state index contributed by atoms with van der Waals surface area (Å²) in [6.07, 6.45) is 2.30. The van der Waals surface area contributed by atoms with E-state index in [1.807, 2.05) is 13.8 Å². The Morgan fingerprint density at radius 2 is 2.47 bits per heavy atom. The normalized spacial score (nSPS) is 13.6. The van der Waals surface area contributed by atoms with E-state index in [4.69, 9.17) is 15.7 Å². The standard InChI is InChI=1S/C9H14N4O2/c1-3-6(2)15-9-7(8(10)13-14)4-5-11-12-9/h4-6,14H,3H2,1-2H3,(H2,10,13). The number of amidine groups is 1. The van der Waals surface area contributed by atoms with Gasteiger partial charge in [-0.3, -0.25) is 0 Å². The summed E-state index contributed by atoms with van der Waals surface area (Å²) in [6, 6.07) is 1.58. The van der Waals surface area contributed by atoms with E-state index in [1.54, 1.807) is 6.07 Å². The quantitative estimate of drug-likeness (QED) is 0.331. The number of rotatable bonds is 4. The largest absolute Gasteiger partial charge is 0.473 e. The molecule has 3 N–H and O–H groups in total. The first-order chi connectivity index (χ1) is 7.19. The highest BCUT2D eigenvalue weighted by atomic mass is 16.5. The molecule has 0 saturated heterocycles. The third-order valence-corrected chi connectivity index (χ3v) is 1.96. The minimum Gasteiger partial charge on any atom is -0.473 e. The van der Waals surface area contributed by atoms with E-state index in [2.05, 4.69) is 15.4 Å². The van der Waals surface area contributed by atoms with Gasteiger partial charge >= 0.3 is 0 Å². The Bertz CT molecular complexity index is 354. The van der Waals surface area contributed by atoms with E-state index >= 15 is 0 Å². The van der Waals surface area contributed by atoms with Crippen LogP contribution < -0.4 is 10.5 Å². The molecule has 0 spiro atoms. The van der Waals surface area contributed by atoms with Crippen LogP contribution in [0.1, 0.15) is 25.8 Å². The van der Waals surface area contributed by atoms with Crippen LogP contribution in [0.3, 0.4) is 0 Å². The molecular weight excluding hydrogens is 196 g/mol. The van der Waals surface area contributed by atoms with Crippen molar-refractivity contribution in [2.75, 3.05) is 0 Å². The first-order valence-corrected chi connectivity index (χ1v) is 4.65. The van der Waals surface area contributed by atoms with E-state index < -0.39 is 0 Å². The second-order valence-corrected chi connectivity index (χ2v) is 3.07. The molecule has 0 saturated carbocycles. The van der Waals surface area contributed by atoms with Gasteiger partial charge in [0.1, 0.15) is 0 Å². The molecule has 0 aliphatic heterocycles. The van der Waals surface area contributed by atoms with Crippen LogP contribution >= 0.6 is 0 Å². The molecule has 6 nitrogen and oxygen atoms in total. The summed E-state index contributed by atoms with van der Waals surface area (Å²) in [6.45, 7) is 3.90. The lowest BCUT2D eigenvalue weighted by atomic mass is 10.2. The van der Waals surface area contributed by atoms with Crippen LogP contribution in [0.25, 0.3) is 0 Å². The van der Waals surface area contributed by atoms with Crippen molar-refractivity contribution >= 4 is 5.84 Å². The van der Waals surface area contributed by atoms with Crippen molar-refractivity contribution in [1.29, 1.82) is 0 Å². The summed E-state index contributed by atoms with van der Waals surface area (Å²) >= 11 is 0. The molecule has 15 heavy (non-hydrogen) atoms. The molecule has 0 aromatic carbocycles. The number of ether oxygens (including phenoxy) is 1. The number of hydrogen-bond acceptors (Lipinski definition) is 5. The maximum atomic E-state index is 8.56. The zero-order chi connectivity index (χ0) is 11.3. The summed E-state index contributed by atoms with van der Waals surface area (Å²) in [5.41, 5.74) is 5.90. The van der Waals surface area contributed by atoms with Gasteiger partial charge in [0.15, 0.2) is 5.84 Å². The lowest BCUT2D eigenvalue weighted by molar-refractivity contribution is 0.205. The van der Waals surface area contributed by atoms with Crippen molar-refractivity contribution in [1.82, 2.24) is 10.2 Å². The van der Waals surface area contributed by atoms with Crippen LogP contribution in [0, 0.1) is 0 Å². The van der Waals surface area contributed by atoms with Crippen molar-refractivity contribution in [3.05, 3.63) is 17.8 Å². The topological polar surface area (TPSA) is 93.6 Å². The Morgan fingerprint density at radius 3 is 3.07 bits per heavy atom. The van der Waals surface area contributed by atoms with Crippen LogP contribution in [0.15, 0.2) is 17.4 Å². The van der Waals surface area contributed by atoms with Crippen molar-refractivity contribution in [2.45, 2.75) is 26.4 Å². The molecule has 1 unspecified atom stereocenters. The summed E-state index contributed by atoms with van der Waals surface area (Å²) < 4.78 is 5.47. The minimum atomic E-state index is -0.0387. The summed E-state index contributed by atoms with van der Waals surface area (Å²) in [7, 11) is 0. The molecule has 6 heteroatoms. The van der Waals surface area contributed by atoms with Crippen molar-refractivity contribution in [3.63, 3.8) is 0 Å². The van der Waals surface area contributed by atoms with Gasteiger partial charge in [-0.1, -0.05) is 12.1 Å². The van der Waals surface area contributed by atoms with Gasteiger partial charge in [0.25, 0.3) is 0 Å². The fraction of sp³-hybridized carbons (Fsp3) is 0.444. The Labute approximate surface area is 87.8 Å². The molecule has 82 valence electrons. The molecule has 0 aliphatic carbocycles. The van der Waals surface area contributed by atoms with Gasteiger partial charge < -0.3 is 15.7 Å². The van der Waals surface area contributed by atoms with Crippen molar-refractivity contribution in [2.24, 2.45) is 10.9 Å². The molecule has 0 bridgehead atoms. The predicted molar refractivity (Wildman–Crippen MR) is 54.9 cm³/mol. The molecule has 1 atom stereocenters. The van der Waals surface area contributed by atoms with E-state index in [1.165, 1.54) is 6.20 Å². The molecule has 0 fully saturated rings. The summed E-state index contributed by atoms with van der Waals surface area (Å²) in [4.78, 5) is 0. The van der Waals surface area contributed by atoms with Crippen LogP contribution in [0.4, 0.5) is 0 Å². The molecule has 0 aliphatic rings. The molecule has 0 radical (unpaired) electrons. The van der Waals surface area contributed by atoms with E-state index in [0.717, 1.165) is 6.42 Å². The Hall–Kier alpha value is -1.85. The first kappa shape index (κ1) is 11.2. The van der Waals surface area contributed by atoms with Gasteiger partial charge in [0, 0.05) is 0 Å². The molecule has 1 aromatic heterocycles. The molecule has 1 rings (SSSR count). The summed E-state index contributed by atoms with van der Waals surface area (Å²) in [5.74, 6) is 0.241. The van der Waals surface area contributed by atoms with Crippen LogP contribution in [0.2, 0.25) is 0 Å². The second-order valence-electron chi connectivity index (χ2n) is 3.07. The molecule has 1 heterocycles. The third kappa shape index (κ3) is 2.80. The minimum absolute atomic E-state index is 0.00643. The third-order valence-electron chi connectivity index (χ3n) is 1.96. The van der Waals surface area contributed by atoms with Crippen LogP contribution in [-0.4, -0.2) is 27.3 Å². The fourth-order valence-electron chi connectivity index (χ4n) is 0.929. The highest BCUT2D eigenvalue weighted by Gasteiger charge is 2.12. The van der Waals surface area contributed by atoms with Gasteiger partial charge in [0.05, 0.1) is 17.9 Å². The van der Waals surface area contributed by atoms with Gasteiger partial charge in [-0.05, 0) is 19.4 Å². The number of nitrogens with two attached hydrogens (primary N) is 1. The zero-order valence-electron chi connectivity index (χ0n) is 8.71. The van der Waals surface area contributed by atoms with Crippen LogP contribution in [-0.2, 0) is 0 Å². The highest BCUT2D eigenvalue weighted by Crippen LogP contribution is 2.15. The van der Waals surface area contributed by atoms with Gasteiger partial charge in [0.2, 0.25) is 5.88 Å². The monoisotopic (exact) mass is 210 g/mol. The average Bonchev–Trinajstić information content (AvgIpc) is 2.28. The van der Waals surface area contributed by atoms with E-state index in [-0.39, 0.29) is 17.8 Å². The predicted octanol–water partition coefficient (Wildman–Crippen LogP) is 0.748. The molecule has 1 aromatic rings. The molecule has 0 amide bonds. The zero-order valence-corrected chi connectivity index (χ0v) is 8.71.